The minimum absolute atomic E-state index is 0.212. The number of aryl methyl sites for hydroxylation is 2. The van der Waals surface area contributed by atoms with E-state index in [1.54, 1.807) is 12.3 Å². The summed E-state index contributed by atoms with van der Waals surface area (Å²) in [7, 11) is 0. The molecule has 0 atom stereocenters. The van der Waals surface area contributed by atoms with Gasteiger partial charge in [-0.15, -0.1) is 0 Å². The summed E-state index contributed by atoms with van der Waals surface area (Å²) in [6.07, 6.45) is 1.63. The summed E-state index contributed by atoms with van der Waals surface area (Å²) in [5, 5.41) is 6.05. The molecule has 0 unspecified atom stereocenters. The molecule has 0 aliphatic heterocycles. The number of halogens is 1. The van der Waals surface area contributed by atoms with Crippen molar-refractivity contribution in [3.8, 4) is 0 Å². The van der Waals surface area contributed by atoms with E-state index in [0.717, 1.165) is 33.5 Å². The summed E-state index contributed by atoms with van der Waals surface area (Å²) in [6, 6.07) is 7.46. The molecule has 0 saturated carbocycles. The second kappa shape index (κ2) is 6.72. The first kappa shape index (κ1) is 15.5. The fourth-order valence-corrected chi connectivity index (χ4v) is 2.31. The van der Waals surface area contributed by atoms with Gasteiger partial charge in [0.1, 0.15) is 5.69 Å². The molecule has 1 aromatic heterocycles. The average molecular weight is 348 g/mol. The number of anilines is 2. The molecule has 0 aliphatic rings. The smallest absolute Gasteiger partial charge is 0.274 e. The SMILES string of the molecule is CCNc1ccnc(C(=O)Nc2cc(C)c(Br)c(C)c2)c1. The molecule has 2 N–H and O–H groups in total. The second-order valence-electron chi connectivity index (χ2n) is 4.84. The van der Waals surface area contributed by atoms with E-state index in [1.807, 2.05) is 39.0 Å². The largest absolute Gasteiger partial charge is 0.385 e. The number of carbonyl (C=O) groups is 1. The Kier molecular flexibility index (Phi) is 4.96. The summed E-state index contributed by atoms with van der Waals surface area (Å²) in [5.74, 6) is -0.212. The van der Waals surface area contributed by atoms with Crippen molar-refractivity contribution in [2.75, 3.05) is 17.2 Å². The zero-order chi connectivity index (χ0) is 15.4. The van der Waals surface area contributed by atoms with Crippen LogP contribution in [0.5, 0.6) is 0 Å². The van der Waals surface area contributed by atoms with Gasteiger partial charge in [0.2, 0.25) is 0 Å². The molecule has 21 heavy (non-hydrogen) atoms. The number of hydrogen-bond donors (Lipinski definition) is 2. The van der Waals surface area contributed by atoms with Crippen molar-refractivity contribution >= 4 is 33.2 Å². The number of amides is 1. The molecule has 1 heterocycles. The van der Waals surface area contributed by atoms with E-state index in [1.165, 1.54) is 0 Å². The Morgan fingerprint density at radius 1 is 1.19 bits per heavy atom. The summed E-state index contributed by atoms with van der Waals surface area (Å²) < 4.78 is 1.06. The summed E-state index contributed by atoms with van der Waals surface area (Å²) in [6.45, 7) is 6.80. The van der Waals surface area contributed by atoms with Gasteiger partial charge in [-0.25, -0.2) is 0 Å². The maximum Gasteiger partial charge on any atom is 0.274 e. The second-order valence-corrected chi connectivity index (χ2v) is 5.63. The van der Waals surface area contributed by atoms with Crippen molar-refractivity contribution < 1.29 is 4.79 Å². The third-order valence-corrected chi connectivity index (χ3v) is 4.32. The van der Waals surface area contributed by atoms with Gasteiger partial charge in [-0.3, -0.25) is 9.78 Å². The molecule has 2 aromatic rings. The molecule has 1 amide bonds. The van der Waals surface area contributed by atoms with E-state index in [0.29, 0.717) is 5.69 Å². The minimum atomic E-state index is -0.212. The van der Waals surface area contributed by atoms with Crippen LogP contribution in [0.2, 0.25) is 0 Å². The third-order valence-electron chi connectivity index (χ3n) is 3.07. The first-order valence-electron chi connectivity index (χ1n) is 6.79. The van der Waals surface area contributed by atoms with Crippen molar-refractivity contribution in [3.05, 3.63) is 51.8 Å². The number of carbonyl (C=O) groups excluding carboxylic acids is 1. The maximum absolute atomic E-state index is 12.3. The van der Waals surface area contributed by atoms with Gasteiger partial charge in [-0.05, 0) is 56.2 Å². The Morgan fingerprint density at radius 3 is 2.48 bits per heavy atom. The lowest BCUT2D eigenvalue weighted by molar-refractivity contribution is 0.102. The number of benzene rings is 1. The van der Waals surface area contributed by atoms with Crippen molar-refractivity contribution in [1.29, 1.82) is 0 Å². The Balaban J connectivity index is 2.20. The van der Waals surface area contributed by atoms with Crippen LogP contribution in [0.4, 0.5) is 11.4 Å². The van der Waals surface area contributed by atoms with E-state index in [4.69, 9.17) is 0 Å². The van der Waals surface area contributed by atoms with E-state index >= 15 is 0 Å². The number of nitrogens with one attached hydrogen (secondary N) is 2. The molecule has 5 heteroatoms. The highest BCUT2D eigenvalue weighted by atomic mass is 79.9. The molecule has 2 rings (SSSR count). The quantitative estimate of drug-likeness (QED) is 0.873. The summed E-state index contributed by atoms with van der Waals surface area (Å²) in [4.78, 5) is 16.4. The molecule has 110 valence electrons. The summed E-state index contributed by atoms with van der Waals surface area (Å²) >= 11 is 3.52. The molecule has 0 spiro atoms. The molecular formula is C16H18BrN3O. The molecule has 0 bridgehead atoms. The van der Waals surface area contributed by atoms with Gasteiger partial charge < -0.3 is 10.6 Å². The van der Waals surface area contributed by atoms with E-state index in [9.17, 15) is 4.79 Å². The Morgan fingerprint density at radius 2 is 1.86 bits per heavy atom. The van der Waals surface area contributed by atoms with Crippen molar-refractivity contribution in [2.24, 2.45) is 0 Å². The van der Waals surface area contributed by atoms with Gasteiger partial charge in [0, 0.05) is 28.6 Å². The van der Waals surface area contributed by atoms with Crippen LogP contribution in [0.25, 0.3) is 0 Å². The van der Waals surface area contributed by atoms with Crippen LogP contribution in [-0.4, -0.2) is 17.4 Å². The van der Waals surface area contributed by atoms with Crippen LogP contribution in [0.15, 0.2) is 34.9 Å². The number of rotatable bonds is 4. The number of hydrogen-bond acceptors (Lipinski definition) is 3. The minimum Gasteiger partial charge on any atom is -0.385 e. The normalized spacial score (nSPS) is 10.3. The van der Waals surface area contributed by atoms with Crippen LogP contribution in [0, 0.1) is 13.8 Å². The zero-order valence-corrected chi connectivity index (χ0v) is 13.9. The predicted molar refractivity (Wildman–Crippen MR) is 90.0 cm³/mol. The van der Waals surface area contributed by atoms with E-state index in [2.05, 4.69) is 31.5 Å². The average Bonchev–Trinajstić information content (AvgIpc) is 2.45. The lowest BCUT2D eigenvalue weighted by atomic mass is 10.1. The third kappa shape index (κ3) is 3.82. The molecular weight excluding hydrogens is 330 g/mol. The number of pyridine rings is 1. The van der Waals surface area contributed by atoms with Crippen molar-refractivity contribution in [2.45, 2.75) is 20.8 Å². The maximum atomic E-state index is 12.3. The highest BCUT2D eigenvalue weighted by molar-refractivity contribution is 9.10. The van der Waals surface area contributed by atoms with Gasteiger partial charge in [0.15, 0.2) is 0 Å². The molecule has 0 fully saturated rings. The van der Waals surface area contributed by atoms with Gasteiger partial charge >= 0.3 is 0 Å². The van der Waals surface area contributed by atoms with E-state index < -0.39 is 0 Å². The van der Waals surface area contributed by atoms with Gasteiger partial charge in [-0.1, -0.05) is 15.9 Å². The van der Waals surface area contributed by atoms with Crippen LogP contribution < -0.4 is 10.6 Å². The van der Waals surface area contributed by atoms with Crippen LogP contribution in [0.1, 0.15) is 28.5 Å². The van der Waals surface area contributed by atoms with Gasteiger partial charge in [-0.2, -0.15) is 0 Å². The lowest BCUT2D eigenvalue weighted by Crippen LogP contribution is -2.14. The van der Waals surface area contributed by atoms with Crippen molar-refractivity contribution in [3.63, 3.8) is 0 Å². The standard InChI is InChI=1S/C16H18BrN3O/c1-4-18-12-5-6-19-14(9-12)16(21)20-13-7-10(2)15(17)11(3)8-13/h5-9H,4H2,1-3H3,(H,18,19)(H,20,21). The Bertz CT molecular complexity index is 647. The predicted octanol–water partition coefficient (Wildman–Crippen LogP) is 4.15. The van der Waals surface area contributed by atoms with Crippen LogP contribution >= 0.6 is 15.9 Å². The first-order chi connectivity index (χ1) is 10.0. The molecule has 4 nitrogen and oxygen atoms in total. The van der Waals surface area contributed by atoms with Gasteiger partial charge in [0.25, 0.3) is 5.91 Å². The number of nitrogens with zero attached hydrogens (tertiary/aromatic N) is 1. The monoisotopic (exact) mass is 347 g/mol. The van der Waals surface area contributed by atoms with E-state index in [-0.39, 0.29) is 5.91 Å². The van der Waals surface area contributed by atoms with Crippen molar-refractivity contribution in [1.82, 2.24) is 4.98 Å². The van der Waals surface area contributed by atoms with Crippen LogP contribution in [-0.2, 0) is 0 Å². The van der Waals surface area contributed by atoms with Crippen LogP contribution in [0.3, 0.4) is 0 Å². The lowest BCUT2D eigenvalue weighted by Gasteiger charge is -2.10. The molecule has 0 radical (unpaired) electrons. The number of aromatic nitrogens is 1. The molecule has 1 aromatic carbocycles. The topological polar surface area (TPSA) is 54.0 Å². The first-order valence-corrected chi connectivity index (χ1v) is 7.58. The Hall–Kier alpha value is -1.88. The van der Waals surface area contributed by atoms with Gasteiger partial charge in [0.05, 0.1) is 0 Å². The highest BCUT2D eigenvalue weighted by Gasteiger charge is 2.10. The zero-order valence-electron chi connectivity index (χ0n) is 12.3. The molecule has 0 saturated heterocycles. The fraction of sp³-hybridized carbons (Fsp3) is 0.250. The summed E-state index contributed by atoms with van der Waals surface area (Å²) in [5.41, 5.74) is 4.22. The molecule has 0 aliphatic carbocycles. The fourth-order valence-electron chi connectivity index (χ4n) is 2.08. The Labute approximate surface area is 133 Å². The highest BCUT2D eigenvalue weighted by Crippen LogP contribution is 2.25.